The lowest BCUT2D eigenvalue weighted by molar-refractivity contribution is 0.414. The summed E-state index contributed by atoms with van der Waals surface area (Å²) in [6, 6.07) is 18.0. The van der Waals surface area contributed by atoms with Crippen molar-refractivity contribution >= 4 is 0 Å². The van der Waals surface area contributed by atoms with Crippen molar-refractivity contribution in [1.82, 2.24) is 5.32 Å². The zero-order valence-electron chi connectivity index (χ0n) is 11.2. The Morgan fingerprint density at radius 3 is 2.26 bits per heavy atom. The van der Waals surface area contributed by atoms with Gasteiger partial charge in [0.2, 0.25) is 0 Å². The van der Waals surface area contributed by atoms with E-state index in [1.54, 1.807) is 7.11 Å². The lowest BCUT2D eigenvalue weighted by Gasteiger charge is -2.10. The first-order valence-corrected chi connectivity index (χ1v) is 6.21. The second-order valence-corrected chi connectivity index (χ2v) is 4.13. The van der Waals surface area contributed by atoms with Gasteiger partial charge >= 0.3 is 0 Å². The second kappa shape index (κ2) is 6.63. The molecule has 0 saturated heterocycles. The van der Waals surface area contributed by atoms with Crippen molar-refractivity contribution in [3.05, 3.63) is 65.7 Å². The Balaban J connectivity index is 2.18. The van der Waals surface area contributed by atoms with Gasteiger partial charge in [0.1, 0.15) is 5.75 Å². The van der Waals surface area contributed by atoms with Crippen molar-refractivity contribution in [2.45, 2.75) is 6.04 Å². The molecular formula is C17H17NO. The zero-order valence-corrected chi connectivity index (χ0v) is 11.2. The minimum atomic E-state index is 0.0195. The molecule has 2 aromatic carbocycles. The van der Waals surface area contributed by atoms with Crippen LogP contribution in [0.25, 0.3) is 0 Å². The molecule has 0 saturated carbocycles. The average Bonchev–Trinajstić information content (AvgIpc) is 2.49. The monoisotopic (exact) mass is 251 g/mol. The van der Waals surface area contributed by atoms with Crippen LogP contribution in [0.2, 0.25) is 0 Å². The van der Waals surface area contributed by atoms with Gasteiger partial charge in [-0.15, -0.1) is 0 Å². The summed E-state index contributed by atoms with van der Waals surface area (Å²) in [6.45, 7) is 0. The van der Waals surface area contributed by atoms with Gasteiger partial charge in [0.15, 0.2) is 0 Å². The van der Waals surface area contributed by atoms with Crippen molar-refractivity contribution in [1.29, 1.82) is 0 Å². The Hall–Kier alpha value is -2.24. The van der Waals surface area contributed by atoms with Gasteiger partial charge in [0, 0.05) is 5.56 Å². The molecule has 1 atom stereocenters. The molecule has 0 aliphatic rings. The maximum atomic E-state index is 5.16. The van der Waals surface area contributed by atoms with Gasteiger partial charge in [0.25, 0.3) is 0 Å². The quantitative estimate of drug-likeness (QED) is 0.847. The fourth-order valence-electron chi connectivity index (χ4n) is 1.80. The maximum Gasteiger partial charge on any atom is 0.118 e. The highest BCUT2D eigenvalue weighted by atomic mass is 16.5. The predicted octanol–water partition coefficient (Wildman–Crippen LogP) is 3.01. The number of benzene rings is 2. The molecule has 19 heavy (non-hydrogen) atoms. The van der Waals surface area contributed by atoms with Crippen molar-refractivity contribution in [3.8, 4) is 17.6 Å². The number of methoxy groups -OCH3 is 1. The molecule has 1 N–H and O–H groups in total. The third kappa shape index (κ3) is 3.61. The van der Waals surface area contributed by atoms with Gasteiger partial charge in [-0.2, -0.15) is 0 Å². The molecular weight excluding hydrogens is 234 g/mol. The summed E-state index contributed by atoms with van der Waals surface area (Å²) in [7, 11) is 3.58. The average molecular weight is 251 g/mol. The summed E-state index contributed by atoms with van der Waals surface area (Å²) in [5.74, 6) is 7.27. The van der Waals surface area contributed by atoms with E-state index in [-0.39, 0.29) is 6.04 Å². The van der Waals surface area contributed by atoms with Crippen LogP contribution >= 0.6 is 0 Å². The molecule has 0 fully saturated rings. The molecule has 96 valence electrons. The highest BCUT2D eigenvalue weighted by Gasteiger charge is 2.05. The van der Waals surface area contributed by atoms with Gasteiger partial charge in [-0.1, -0.05) is 42.2 Å². The summed E-state index contributed by atoms with van der Waals surface area (Å²) in [4.78, 5) is 0. The minimum Gasteiger partial charge on any atom is -0.497 e. The molecule has 0 amide bonds. The smallest absolute Gasteiger partial charge is 0.118 e. The third-order valence-electron chi connectivity index (χ3n) is 2.87. The van der Waals surface area contributed by atoms with Crippen LogP contribution < -0.4 is 10.1 Å². The normalized spacial score (nSPS) is 11.3. The first-order valence-electron chi connectivity index (χ1n) is 6.21. The van der Waals surface area contributed by atoms with Gasteiger partial charge in [-0.25, -0.2) is 0 Å². The molecule has 2 aromatic rings. The first-order chi connectivity index (χ1) is 9.33. The Morgan fingerprint density at radius 2 is 1.68 bits per heavy atom. The van der Waals surface area contributed by atoms with E-state index < -0.39 is 0 Å². The lowest BCUT2D eigenvalue weighted by atomic mass is 10.1. The Kier molecular flexibility index (Phi) is 4.60. The standard InChI is InChI=1S/C17H17NO/c1-18-17(13-8-14-6-4-3-5-7-14)15-9-11-16(19-2)12-10-15/h3-7,9-12,17-18H,1-2H3. The highest BCUT2D eigenvalue weighted by Crippen LogP contribution is 2.17. The van der Waals surface area contributed by atoms with Crippen LogP contribution in [0.3, 0.4) is 0 Å². The van der Waals surface area contributed by atoms with E-state index in [4.69, 9.17) is 4.74 Å². The first kappa shape index (κ1) is 13.2. The summed E-state index contributed by atoms with van der Waals surface area (Å²) in [6.07, 6.45) is 0. The molecule has 2 heteroatoms. The fourth-order valence-corrected chi connectivity index (χ4v) is 1.80. The van der Waals surface area contributed by atoms with E-state index in [9.17, 15) is 0 Å². The molecule has 0 bridgehead atoms. The van der Waals surface area contributed by atoms with Crippen LogP contribution in [0.15, 0.2) is 54.6 Å². The molecule has 2 rings (SSSR count). The van der Waals surface area contributed by atoms with Crippen LogP contribution in [-0.4, -0.2) is 14.2 Å². The van der Waals surface area contributed by atoms with E-state index >= 15 is 0 Å². The number of rotatable bonds is 3. The molecule has 2 nitrogen and oxygen atoms in total. The highest BCUT2D eigenvalue weighted by molar-refractivity contribution is 5.38. The van der Waals surface area contributed by atoms with Crippen LogP contribution in [0.1, 0.15) is 17.2 Å². The van der Waals surface area contributed by atoms with Crippen molar-refractivity contribution in [2.24, 2.45) is 0 Å². The maximum absolute atomic E-state index is 5.16. The Bertz CT molecular complexity index is 564. The zero-order chi connectivity index (χ0) is 13.5. The molecule has 0 heterocycles. The van der Waals surface area contributed by atoms with Crippen LogP contribution in [0, 0.1) is 11.8 Å². The van der Waals surface area contributed by atoms with E-state index in [1.165, 1.54) is 0 Å². The van der Waals surface area contributed by atoms with Gasteiger partial charge in [-0.3, -0.25) is 0 Å². The number of hydrogen-bond donors (Lipinski definition) is 1. The minimum absolute atomic E-state index is 0.0195. The largest absolute Gasteiger partial charge is 0.497 e. The molecule has 0 aliphatic heterocycles. The summed E-state index contributed by atoms with van der Waals surface area (Å²) < 4.78 is 5.16. The molecule has 1 unspecified atom stereocenters. The molecule has 0 spiro atoms. The Labute approximate surface area is 114 Å². The number of hydrogen-bond acceptors (Lipinski definition) is 2. The number of nitrogens with one attached hydrogen (secondary N) is 1. The SMILES string of the molecule is CNC(C#Cc1ccccc1)c1ccc(OC)cc1. The molecule has 0 aromatic heterocycles. The summed E-state index contributed by atoms with van der Waals surface area (Å²) in [5.41, 5.74) is 2.16. The summed E-state index contributed by atoms with van der Waals surface area (Å²) >= 11 is 0. The topological polar surface area (TPSA) is 21.3 Å². The van der Waals surface area contributed by atoms with Crippen LogP contribution in [0.5, 0.6) is 5.75 Å². The fraction of sp³-hybridized carbons (Fsp3) is 0.176. The van der Waals surface area contributed by atoms with Crippen molar-refractivity contribution < 1.29 is 4.74 Å². The van der Waals surface area contributed by atoms with Gasteiger partial charge < -0.3 is 10.1 Å². The predicted molar refractivity (Wildman–Crippen MR) is 78.1 cm³/mol. The van der Waals surface area contributed by atoms with E-state index in [2.05, 4.69) is 17.2 Å². The van der Waals surface area contributed by atoms with Crippen molar-refractivity contribution in [3.63, 3.8) is 0 Å². The van der Waals surface area contributed by atoms with Gasteiger partial charge in [-0.05, 0) is 36.9 Å². The third-order valence-corrected chi connectivity index (χ3v) is 2.87. The van der Waals surface area contributed by atoms with Gasteiger partial charge in [0.05, 0.1) is 13.2 Å². The van der Waals surface area contributed by atoms with Crippen LogP contribution in [-0.2, 0) is 0 Å². The second-order valence-electron chi connectivity index (χ2n) is 4.13. The molecule has 0 aliphatic carbocycles. The lowest BCUT2D eigenvalue weighted by Crippen LogP contribution is -2.14. The molecule has 0 radical (unpaired) electrons. The van der Waals surface area contributed by atoms with E-state index in [0.29, 0.717) is 0 Å². The summed E-state index contributed by atoms with van der Waals surface area (Å²) in [5, 5.41) is 3.21. The van der Waals surface area contributed by atoms with Crippen molar-refractivity contribution in [2.75, 3.05) is 14.2 Å². The Morgan fingerprint density at radius 1 is 1.00 bits per heavy atom. The van der Waals surface area contributed by atoms with E-state index in [0.717, 1.165) is 16.9 Å². The number of ether oxygens (including phenoxy) is 1. The van der Waals surface area contributed by atoms with Crippen LogP contribution in [0.4, 0.5) is 0 Å². The van der Waals surface area contributed by atoms with E-state index in [1.807, 2.05) is 61.6 Å².